The number of hydrogen-bond acceptors (Lipinski definition) is 3. The molecule has 0 saturated carbocycles. The van der Waals surface area contributed by atoms with Crippen LogP contribution in [0.5, 0.6) is 0 Å². The highest BCUT2D eigenvalue weighted by atomic mass is 16.5. The zero-order chi connectivity index (χ0) is 8.69. The Morgan fingerprint density at radius 1 is 1.55 bits per heavy atom. The molecule has 0 spiro atoms. The maximum atomic E-state index is 10.1. The van der Waals surface area contributed by atoms with E-state index in [1.54, 1.807) is 13.8 Å². The van der Waals surface area contributed by atoms with E-state index in [0.29, 0.717) is 24.4 Å². The van der Waals surface area contributed by atoms with Gasteiger partial charge < -0.3 is 4.74 Å². The second kappa shape index (κ2) is 5.65. The van der Waals surface area contributed by atoms with Crippen molar-refractivity contribution >= 4 is 12.0 Å². The van der Waals surface area contributed by atoms with Crippen molar-refractivity contribution in [2.75, 3.05) is 6.61 Å². The highest BCUT2D eigenvalue weighted by Crippen LogP contribution is 1.94. The molecule has 0 rings (SSSR count). The van der Waals surface area contributed by atoms with Gasteiger partial charge in [-0.15, -0.1) is 0 Å². The Morgan fingerprint density at radius 2 is 2.18 bits per heavy atom. The Labute approximate surface area is 66.8 Å². The fraction of sp³-hybridized carbons (Fsp3) is 0.500. The zero-order valence-electron chi connectivity index (χ0n) is 7.13. The van der Waals surface area contributed by atoms with E-state index in [2.05, 4.69) is 4.99 Å². The summed E-state index contributed by atoms with van der Waals surface area (Å²) in [6, 6.07) is 0. The molecule has 3 heteroatoms. The molecule has 0 N–H and O–H groups in total. The van der Waals surface area contributed by atoms with E-state index >= 15 is 0 Å². The number of ether oxygens (including phenoxy) is 1. The van der Waals surface area contributed by atoms with Crippen LogP contribution in [0.25, 0.3) is 0 Å². The summed E-state index contributed by atoms with van der Waals surface area (Å²) in [7, 11) is 0. The van der Waals surface area contributed by atoms with Crippen molar-refractivity contribution in [3.63, 3.8) is 0 Å². The molecule has 0 fully saturated rings. The Hall–Kier alpha value is -1.12. The second-order valence-corrected chi connectivity index (χ2v) is 2.06. The first-order valence-electron chi connectivity index (χ1n) is 3.49. The van der Waals surface area contributed by atoms with Gasteiger partial charge in [-0.05, 0) is 20.8 Å². The second-order valence-electron chi connectivity index (χ2n) is 2.06. The summed E-state index contributed by atoms with van der Waals surface area (Å²) in [4.78, 5) is 13.9. The van der Waals surface area contributed by atoms with Gasteiger partial charge in [0.1, 0.15) is 5.76 Å². The van der Waals surface area contributed by atoms with E-state index in [4.69, 9.17) is 4.74 Å². The topological polar surface area (TPSA) is 38.7 Å². The smallest absolute Gasteiger partial charge is 0.163 e. The highest BCUT2D eigenvalue weighted by Gasteiger charge is 1.85. The number of nitrogens with zero attached hydrogens (tertiary/aromatic N) is 1. The van der Waals surface area contributed by atoms with E-state index in [9.17, 15) is 4.79 Å². The van der Waals surface area contributed by atoms with Crippen LogP contribution in [0, 0.1) is 0 Å². The molecule has 0 bridgehead atoms. The van der Waals surface area contributed by atoms with Crippen molar-refractivity contribution < 1.29 is 9.53 Å². The van der Waals surface area contributed by atoms with Crippen LogP contribution in [0.4, 0.5) is 0 Å². The van der Waals surface area contributed by atoms with Crippen molar-refractivity contribution in [1.29, 1.82) is 0 Å². The van der Waals surface area contributed by atoms with Crippen LogP contribution in [0.1, 0.15) is 20.8 Å². The molecule has 3 nitrogen and oxygen atoms in total. The minimum absolute atomic E-state index is 0.448. The molecule has 11 heavy (non-hydrogen) atoms. The normalized spacial score (nSPS) is 13.0. The average molecular weight is 155 g/mol. The molecule has 0 aromatic heterocycles. The van der Waals surface area contributed by atoms with Gasteiger partial charge in [0.05, 0.1) is 18.5 Å². The SMILES string of the molecule is CCO/C(C)=C/N=C(C)C=O. The van der Waals surface area contributed by atoms with Gasteiger partial charge in [-0.1, -0.05) is 0 Å². The lowest BCUT2D eigenvalue weighted by Crippen LogP contribution is -1.91. The monoisotopic (exact) mass is 155 g/mol. The molecule has 0 atom stereocenters. The van der Waals surface area contributed by atoms with Gasteiger partial charge in [0.25, 0.3) is 0 Å². The van der Waals surface area contributed by atoms with Crippen molar-refractivity contribution in [2.45, 2.75) is 20.8 Å². The Kier molecular flexibility index (Phi) is 5.07. The first-order valence-corrected chi connectivity index (χ1v) is 3.49. The molecule has 0 amide bonds. The third kappa shape index (κ3) is 5.33. The summed E-state index contributed by atoms with van der Waals surface area (Å²) in [5, 5.41) is 0. The predicted molar refractivity (Wildman–Crippen MR) is 44.6 cm³/mol. The third-order valence-electron chi connectivity index (χ3n) is 0.993. The molecule has 0 saturated heterocycles. The average Bonchev–Trinajstić information content (AvgIpc) is 2.01. The minimum Gasteiger partial charge on any atom is -0.497 e. The first-order chi connectivity index (χ1) is 5.20. The molecule has 0 aliphatic rings. The van der Waals surface area contributed by atoms with Gasteiger partial charge >= 0.3 is 0 Å². The predicted octanol–water partition coefficient (Wildman–Crippen LogP) is 1.54. The Bertz CT molecular complexity index is 183. The molecule has 0 heterocycles. The lowest BCUT2D eigenvalue weighted by Gasteiger charge is -1.98. The highest BCUT2D eigenvalue weighted by molar-refractivity contribution is 6.27. The molecule has 0 unspecified atom stereocenters. The number of hydrogen-bond donors (Lipinski definition) is 0. The van der Waals surface area contributed by atoms with Gasteiger partial charge in [0.2, 0.25) is 0 Å². The van der Waals surface area contributed by atoms with E-state index in [-0.39, 0.29) is 0 Å². The van der Waals surface area contributed by atoms with Crippen LogP contribution in [0.15, 0.2) is 17.0 Å². The number of carbonyl (C=O) groups is 1. The van der Waals surface area contributed by atoms with Crippen LogP contribution in [-0.4, -0.2) is 18.6 Å². The fourth-order valence-electron chi connectivity index (χ4n) is 0.488. The minimum atomic E-state index is 0.448. The maximum Gasteiger partial charge on any atom is 0.163 e. The van der Waals surface area contributed by atoms with Crippen LogP contribution >= 0.6 is 0 Å². The summed E-state index contributed by atoms with van der Waals surface area (Å²) in [5.74, 6) is 0.716. The van der Waals surface area contributed by atoms with Gasteiger partial charge in [0.15, 0.2) is 6.29 Å². The maximum absolute atomic E-state index is 10.1. The van der Waals surface area contributed by atoms with Crippen molar-refractivity contribution in [2.24, 2.45) is 4.99 Å². The number of rotatable bonds is 4. The molecule has 0 aliphatic carbocycles. The molecule has 0 aliphatic heterocycles. The Balaban J connectivity index is 3.99. The number of carbonyl (C=O) groups excluding carboxylic acids is 1. The molecule has 0 aromatic carbocycles. The quantitative estimate of drug-likeness (QED) is 0.351. The zero-order valence-corrected chi connectivity index (χ0v) is 7.13. The lowest BCUT2D eigenvalue weighted by atomic mass is 10.5. The van der Waals surface area contributed by atoms with E-state index in [1.807, 2.05) is 6.92 Å². The van der Waals surface area contributed by atoms with E-state index in [0.717, 1.165) is 0 Å². The fourth-order valence-corrected chi connectivity index (χ4v) is 0.488. The summed E-state index contributed by atoms with van der Waals surface area (Å²) in [5.41, 5.74) is 0.448. The van der Waals surface area contributed by atoms with Crippen LogP contribution < -0.4 is 0 Å². The first kappa shape index (κ1) is 9.88. The summed E-state index contributed by atoms with van der Waals surface area (Å²) in [6.45, 7) is 5.96. The molecule has 0 aromatic rings. The molecule has 62 valence electrons. The summed E-state index contributed by atoms with van der Waals surface area (Å²) in [6.07, 6.45) is 2.24. The number of aldehydes is 1. The van der Waals surface area contributed by atoms with Gasteiger partial charge in [-0.2, -0.15) is 0 Å². The van der Waals surface area contributed by atoms with Crippen LogP contribution in [-0.2, 0) is 9.53 Å². The van der Waals surface area contributed by atoms with Gasteiger partial charge in [0, 0.05) is 0 Å². The van der Waals surface area contributed by atoms with Crippen molar-refractivity contribution in [3.05, 3.63) is 12.0 Å². The largest absolute Gasteiger partial charge is 0.497 e. The van der Waals surface area contributed by atoms with E-state index < -0.39 is 0 Å². The van der Waals surface area contributed by atoms with Crippen LogP contribution in [0.3, 0.4) is 0 Å². The van der Waals surface area contributed by atoms with Gasteiger partial charge in [-0.3, -0.25) is 9.79 Å². The summed E-state index contributed by atoms with van der Waals surface area (Å²) < 4.78 is 5.07. The molecular formula is C8H13NO2. The number of aliphatic imine (C=N–C) groups is 1. The third-order valence-corrected chi connectivity index (χ3v) is 0.993. The number of allylic oxidation sites excluding steroid dienone is 1. The lowest BCUT2D eigenvalue weighted by molar-refractivity contribution is -0.102. The molecule has 0 radical (unpaired) electrons. The molecular weight excluding hydrogens is 142 g/mol. The summed E-state index contributed by atoms with van der Waals surface area (Å²) >= 11 is 0. The Morgan fingerprint density at radius 3 is 2.64 bits per heavy atom. The standard InChI is InChI=1S/C8H13NO2/c1-4-11-8(3)5-9-7(2)6-10/h5-6H,4H2,1-3H3/b8-5+,9-7?. The van der Waals surface area contributed by atoms with Crippen LogP contribution in [0.2, 0.25) is 0 Å². The van der Waals surface area contributed by atoms with Crippen molar-refractivity contribution in [1.82, 2.24) is 0 Å². The van der Waals surface area contributed by atoms with Crippen molar-refractivity contribution in [3.8, 4) is 0 Å². The van der Waals surface area contributed by atoms with Gasteiger partial charge in [-0.25, -0.2) is 0 Å². The van der Waals surface area contributed by atoms with E-state index in [1.165, 1.54) is 6.20 Å².